The van der Waals surface area contributed by atoms with Crippen LogP contribution < -0.4 is 15.4 Å². The normalized spacial score (nSPS) is 35.3. The second kappa shape index (κ2) is 6.17. The first-order chi connectivity index (χ1) is 13.9. The fourth-order valence-corrected chi connectivity index (χ4v) is 5.71. The van der Waals surface area contributed by atoms with Crippen LogP contribution in [0.2, 0.25) is 0 Å². The summed E-state index contributed by atoms with van der Waals surface area (Å²) in [6, 6.07) is 4.69. The van der Waals surface area contributed by atoms with Crippen LogP contribution in [0.3, 0.4) is 0 Å². The van der Waals surface area contributed by atoms with E-state index in [1.54, 1.807) is 6.07 Å². The van der Waals surface area contributed by atoms with Crippen LogP contribution in [0.5, 0.6) is 11.5 Å². The fraction of sp³-hybridized carbons (Fsp3) is 0.429. The molecule has 3 fully saturated rings. The molecule has 29 heavy (non-hydrogen) atoms. The number of imide groups is 2. The van der Waals surface area contributed by atoms with Crippen LogP contribution in [0.4, 0.5) is 0 Å². The molecule has 5 rings (SSSR count). The molecule has 3 N–H and O–H groups in total. The number of ether oxygens (including phenoxy) is 1. The molecule has 0 radical (unpaired) electrons. The van der Waals surface area contributed by atoms with Crippen LogP contribution in [0, 0.1) is 29.6 Å². The number of benzene rings is 1. The van der Waals surface area contributed by atoms with E-state index in [4.69, 9.17) is 4.74 Å². The molecule has 0 bridgehead atoms. The molecule has 1 aromatic carbocycles. The van der Waals surface area contributed by atoms with Gasteiger partial charge in [0.25, 0.3) is 0 Å². The van der Waals surface area contributed by atoms with E-state index in [2.05, 4.69) is 10.6 Å². The Morgan fingerprint density at radius 2 is 1.62 bits per heavy atom. The van der Waals surface area contributed by atoms with Crippen LogP contribution in [0.1, 0.15) is 24.3 Å². The molecule has 8 nitrogen and oxygen atoms in total. The number of carbonyl (C=O) groups is 4. The average Bonchev–Trinajstić information content (AvgIpc) is 3.15. The minimum absolute atomic E-state index is 0.0277. The molecule has 0 spiro atoms. The lowest BCUT2D eigenvalue weighted by Crippen LogP contribution is -2.43. The van der Waals surface area contributed by atoms with Gasteiger partial charge in [-0.15, -0.1) is 0 Å². The van der Waals surface area contributed by atoms with E-state index in [0.29, 0.717) is 24.2 Å². The number of phenols is 1. The SMILES string of the molecule is COc1cc(O)ccc1[C@H]1C2=CC[C@@H]3C(=O)NC(=O)[C@@H]3[C@@H]2C[C@H]2C(=O)NC(=O)[C@@H]12. The summed E-state index contributed by atoms with van der Waals surface area (Å²) < 4.78 is 5.46. The minimum Gasteiger partial charge on any atom is -0.508 e. The Labute approximate surface area is 166 Å². The summed E-state index contributed by atoms with van der Waals surface area (Å²) >= 11 is 0. The Morgan fingerprint density at radius 1 is 0.931 bits per heavy atom. The monoisotopic (exact) mass is 396 g/mol. The Kier molecular flexibility index (Phi) is 3.81. The summed E-state index contributed by atoms with van der Waals surface area (Å²) in [5.41, 5.74) is 1.58. The molecule has 0 aromatic heterocycles. The van der Waals surface area contributed by atoms with Crippen molar-refractivity contribution >= 4 is 23.6 Å². The molecule has 2 saturated heterocycles. The van der Waals surface area contributed by atoms with Gasteiger partial charge < -0.3 is 9.84 Å². The third-order valence-electron chi connectivity index (χ3n) is 6.89. The largest absolute Gasteiger partial charge is 0.508 e. The maximum atomic E-state index is 12.7. The maximum absolute atomic E-state index is 12.7. The standard InChI is InChI=1S/C21H20N2O6/c1-29-14-6-8(24)2-3-10(14)15-9-4-5-11-16(20(27)22-18(11)25)12(9)7-13-17(15)21(28)23-19(13)26/h2-4,6,11-13,15-17,24H,5,7H2,1H3,(H,22,25,27)(H,23,26,28)/t11-,12+,13+,15+,16-,17+/m0/s1. The third-order valence-corrected chi connectivity index (χ3v) is 6.89. The smallest absolute Gasteiger partial charge is 0.231 e. The van der Waals surface area contributed by atoms with Crippen molar-refractivity contribution in [2.75, 3.05) is 7.11 Å². The number of nitrogens with one attached hydrogen (secondary N) is 2. The number of fused-ring (bicyclic) bond motifs is 4. The molecule has 8 heteroatoms. The number of rotatable bonds is 2. The number of phenolic OH excluding ortho intramolecular Hbond substituents is 1. The average molecular weight is 396 g/mol. The summed E-state index contributed by atoms with van der Waals surface area (Å²) in [7, 11) is 1.48. The van der Waals surface area contributed by atoms with Crippen molar-refractivity contribution in [2.45, 2.75) is 18.8 Å². The highest BCUT2D eigenvalue weighted by molar-refractivity contribution is 6.07. The zero-order valence-electron chi connectivity index (χ0n) is 15.7. The van der Waals surface area contributed by atoms with Gasteiger partial charge in [-0.25, -0.2) is 0 Å². The van der Waals surface area contributed by atoms with Gasteiger partial charge in [0.05, 0.1) is 30.8 Å². The van der Waals surface area contributed by atoms with E-state index in [1.807, 2.05) is 6.08 Å². The van der Waals surface area contributed by atoms with Gasteiger partial charge in [0, 0.05) is 17.5 Å². The van der Waals surface area contributed by atoms with Gasteiger partial charge in [0.15, 0.2) is 0 Å². The molecule has 2 aliphatic heterocycles. The van der Waals surface area contributed by atoms with Crippen LogP contribution in [-0.4, -0.2) is 35.8 Å². The third kappa shape index (κ3) is 2.44. The number of methoxy groups -OCH3 is 1. The van der Waals surface area contributed by atoms with E-state index >= 15 is 0 Å². The van der Waals surface area contributed by atoms with E-state index in [9.17, 15) is 24.3 Å². The molecular formula is C21H20N2O6. The maximum Gasteiger partial charge on any atom is 0.231 e. The van der Waals surface area contributed by atoms with E-state index in [1.165, 1.54) is 19.2 Å². The number of hydrogen-bond donors (Lipinski definition) is 3. The zero-order chi connectivity index (χ0) is 20.4. The van der Waals surface area contributed by atoms with E-state index < -0.39 is 29.6 Å². The summed E-state index contributed by atoms with van der Waals surface area (Å²) in [4.78, 5) is 50.0. The van der Waals surface area contributed by atoms with Crippen LogP contribution >= 0.6 is 0 Å². The molecule has 0 unspecified atom stereocenters. The molecule has 6 atom stereocenters. The number of carbonyl (C=O) groups excluding carboxylic acids is 4. The minimum atomic E-state index is -0.611. The first-order valence-electron chi connectivity index (χ1n) is 9.67. The number of hydrogen-bond acceptors (Lipinski definition) is 6. The molecule has 4 aliphatic rings. The van der Waals surface area contributed by atoms with Crippen LogP contribution in [0.15, 0.2) is 29.8 Å². The van der Waals surface area contributed by atoms with Gasteiger partial charge in [-0.05, 0) is 24.8 Å². The molecule has 2 heterocycles. The zero-order valence-corrected chi connectivity index (χ0v) is 15.7. The van der Waals surface area contributed by atoms with Gasteiger partial charge in [0.2, 0.25) is 23.6 Å². The molecular weight excluding hydrogens is 376 g/mol. The quantitative estimate of drug-likeness (QED) is 0.497. The van der Waals surface area contributed by atoms with Gasteiger partial charge >= 0.3 is 0 Å². The van der Waals surface area contributed by atoms with Crippen LogP contribution in [0.25, 0.3) is 0 Å². The van der Waals surface area contributed by atoms with Gasteiger partial charge in [-0.1, -0.05) is 17.7 Å². The van der Waals surface area contributed by atoms with Crippen molar-refractivity contribution in [2.24, 2.45) is 29.6 Å². The highest BCUT2D eigenvalue weighted by atomic mass is 16.5. The summed E-state index contributed by atoms with van der Waals surface area (Å²) in [6.45, 7) is 0. The highest BCUT2D eigenvalue weighted by Gasteiger charge is 2.59. The van der Waals surface area contributed by atoms with Crippen molar-refractivity contribution in [1.29, 1.82) is 0 Å². The van der Waals surface area contributed by atoms with Gasteiger partial charge in [-0.3, -0.25) is 29.8 Å². The van der Waals surface area contributed by atoms with Gasteiger partial charge in [0.1, 0.15) is 11.5 Å². The van der Waals surface area contributed by atoms with Crippen molar-refractivity contribution in [3.8, 4) is 11.5 Å². The lowest BCUT2D eigenvalue weighted by molar-refractivity contribution is -0.128. The second-order valence-corrected chi connectivity index (χ2v) is 8.16. The van der Waals surface area contributed by atoms with Crippen LogP contribution in [-0.2, 0) is 19.2 Å². The lowest BCUT2D eigenvalue weighted by atomic mass is 9.57. The Hall–Kier alpha value is -3.16. The Bertz CT molecular complexity index is 999. The fourth-order valence-electron chi connectivity index (χ4n) is 5.71. The lowest BCUT2D eigenvalue weighted by Gasteiger charge is -2.44. The van der Waals surface area contributed by atoms with Crippen molar-refractivity contribution < 1.29 is 29.0 Å². The number of allylic oxidation sites excluding steroid dienone is 2. The number of amides is 4. The Morgan fingerprint density at radius 3 is 2.34 bits per heavy atom. The van der Waals surface area contributed by atoms with Gasteiger partial charge in [-0.2, -0.15) is 0 Å². The summed E-state index contributed by atoms with van der Waals surface area (Å²) in [6.07, 6.45) is 2.72. The molecule has 4 amide bonds. The highest BCUT2D eigenvalue weighted by Crippen LogP contribution is 2.57. The first kappa shape index (κ1) is 17.9. The van der Waals surface area contributed by atoms with Crippen molar-refractivity contribution in [1.82, 2.24) is 10.6 Å². The summed E-state index contributed by atoms with van der Waals surface area (Å²) in [5.74, 6) is -3.74. The predicted molar refractivity (Wildman–Crippen MR) is 98.5 cm³/mol. The van der Waals surface area contributed by atoms with Crippen molar-refractivity contribution in [3.05, 3.63) is 35.4 Å². The van der Waals surface area contributed by atoms with Crippen molar-refractivity contribution in [3.63, 3.8) is 0 Å². The Balaban J connectivity index is 1.68. The molecule has 150 valence electrons. The predicted octanol–water partition coefficient (Wildman–Crippen LogP) is 0.612. The van der Waals surface area contributed by atoms with E-state index in [-0.39, 0.29) is 35.3 Å². The molecule has 1 saturated carbocycles. The second-order valence-electron chi connectivity index (χ2n) is 8.16. The summed E-state index contributed by atoms with van der Waals surface area (Å²) in [5, 5.41) is 14.7. The topological polar surface area (TPSA) is 122 Å². The van der Waals surface area contributed by atoms with E-state index in [0.717, 1.165) is 5.57 Å². The number of aromatic hydroxyl groups is 1. The molecule has 2 aliphatic carbocycles. The molecule has 1 aromatic rings. The first-order valence-corrected chi connectivity index (χ1v) is 9.67.